The minimum Gasteiger partial charge on any atom is -0.379 e. The van der Waals surface area contributed by atoms with Crippen LogP contribution in [0.15, 0.2) is 0 Å². The fourth-order valence-corrected chi connectivity index (χ4v) is 1.24. The van der Waals surface area contributed by atoms with E-state index < -0.39 is 0 Å². The maximum absolute atomic E-state index is 5.40. The summed E-state index contributed by atoms with van der Waals surface area (Å²) in [6.45, 7) is 6.90. The Kier molecular flexibility index (Phi) is 15.9. The van der Waals surface area contributed by atoms with Crippen LogP contribution in [0.2, 0.25) is 0 Å². The molecule has 0 unspecified atom stereocenters. The molecule has 0 N–H and O–H groups in total. The second-order valence-corrected chi connectivity index (χ2v) is 3.80. The van der Waals surface area contributed by atoms with Gasteiger partial charge in [0.2, 0.25) is 0 Å². The van der Waals surface area contributed by atoms with E-state index >= 15 is 0 Å². The van der Waals surface area contributed by atoms with Crippen LogP contribution in [0.3, 0.4) is 0 Å². The van der Waals surface area contributed by atoms with Crippen molar-refractivity contribution in [2.45, 2.75) is 26.2 Å². The zero-order valence-corrected chi connectivity index (χ0v) is 11.5. The van der Waals surface area contributed by atoms with Crippen molar-refractivity contribution in [3.8, 4) is 12.3 Å². The van der Waals surface area contributed by atoms with Crippen LogP contribution in [0.25, 0.3) is 0 Å². The van der Waals surface area contributed by atoms with Gasteiger partial charge in [-0.1, -0.05) is 25.7 Å². The molecule has 0 rings (SSSR count). The van der Waals surface area contributed by atoms with E-state index in [4.69, 9.17) is 25.4 Å². The second kappa shape index (κ2) is 16.4. The predicted octanol–water partition coefficient (Wildman–Crippen LogP) is 1.88. The first kappa shape index (κ1) is 17.4. The van der Waals surface area contributed by atoms with Gasteiger partial charge in [0, 0.05) is 6.61 Å². The van der Waals surface area contributed by atoms with Gasteiger partial charge in [0.15, 0.2) is 0 Å². The van der Waals surface area contributed by atoms with Crippen molar-refractivity contribution >= 4 is 0 Å². The lowest BCUT2D eigenvalue weighted by molar-refractivity contribution is 0.000945. The lowest BCUT2D eigenvalue weighted by Crippen LogP contribution is -2.12. The van der Waals surface area contributed by atoms with E-state index in [1.165, 1.54) is 12.8 Å². The summed E-state index contributed by atoms with van der Waals surface area (Å²) in [6, 6.07) is 0. The van der Waals surface area contributed by atoms with Gasteiger partial charge in [-0.15, -0.1) is 6.42 Å². The molecule has 0 aromatic carbocycles. The number of ether oxygens (including phenoxy) is 4. The third-order valence-electron chi connectivity index (χ3n) is 2.19. The maximum Gasteiger partial charge on any atom is 0.107 e. The van der Waals surface area contributed by atoms with Crippen LogP contribution in [-0.4, -0.2) is 52.9 Å². The minimum absolute atomic E-state index is 0.342. The number of hydrogen-bond acceptors (Lipinski definition) is 4. The van der Waals surface area contributed by atoms with Crippen LogP contribution >= 0.6 is 0 Å². The highest BCUT2D eigenvalue weighted by Crippen LogP contribution is 1.93. The number of hydrogen-bond donors (Lipinski definition) is 0. The fourth-order valence-electron chi connectivity index (χ4n) is 1.24. The Labute approximate surface area is 111 Å². The topological polar surface area (TPSA) is 36.9 Å². The van der Waals surface area contributed by atoms with Gasteiger partial charge >= 0.3 is 0 Å². The Hall–Kier alpha value is -0.600. The molecule has 0 atom stereocenters. The maximum atomic E-state index is 5.40. The Bertz CT molecular complexity index is 189. The van der Waals surface area contributed by atoms with Crippen molar-refractivity contribution in [2.75, 3.05) is 52.9 Å². The van der Waals surface area contributed by atoms with Gasteiger partial charge in [-0.2, -0.15) is 0 Å². The van der Waals surface area contributed by atoms with E-state index in [1.54, 1.807) is 0 Å². The molecule has 106 valence electrons. The largest absolute Gasteiger partial charge is 0.379 e. The summed E-state index contributed by atoms with van der Waals surface area (Å²) in [5, 5.41) is 0. The molecule has 0 amide bonds. The van der Waals surface area contributed by atoms with Gasteiger partial charge in [0.05, 0.1) is 39.6 Å². The summed E-state index contributed by atoms with van der Waals surface area (Å²) in [5.41, 5.74) is 0. The smallest absolute Gasteiger partial charge is 0.107 e. The van der Waals surface area contributed by atoms with Crippen LogP contribution < -0.4 is 0 Å². The molecule has 0 aliphatic carbocycles. The van der Waals surface area contributed by atoms with E-state index in [1.807, 2.05) is 0 Å². The summed E-state index contributed by atoms with van der Waals surface area (Å²) in [4.78, 5) is 0. The molecule has 0 saturated heterocycles. The summed E-state index contributed by atoms with van der Waals surface area (Å²) in [7, 11) is 0. The molecule has 0 aliphatic rings. The molecule has 0 aliphatic heterocycles. The Morgan fingerprint density at radius 1 is 0.722 bits per heavy atom. The number of terminal acetylenes is 1. The molecular formula is C14H26O4. The van der Waals surface area contributed by atoms with Gasteiger partial charge in [0.1, 0.15) is 6.61 Å². The van der Waals surface area contributed by atoms with E-state index in [2.05, 4.69) is 12.8 Å². The van der Waals surface area contributed by atoms with Crippen molar-refractivity contribution in [1.29, 1.82) is 0 Å². The van der Waals surface area contributed by atoms with E-state index in [0.29, 0.717) is 46.2 Å². The van der Waals surface area contributed by atoms with Gasteiger partial charge < -0.3 is 18.9 Å². The molecule has 4 heteroatoms. The molecular weight excluding hydrogens is 232 g/mol. The monoisotopic (exact) mass is 258 g/mol. The molecule has 4 nitrogen and oxygen atoms in total. The molecule has 0 radical (unpaired) electrons. The zero-order valence-electron chi connectivity index (χ0n) is 11.5. The standard InChI is InChI=1S/C14H26O4/c1-3-5-6-8-16-10-12-18-14-13-17-11-9-15-7-4-2/h2H,3,5-14H2,1H3. The minimum atomic E-state index is 0.342. The highest BCUT2D eigenvalue weighted by molar-refractivity contribution is 4.82. The van der Waals surface area contributed by atoms with E-state index in [0.717, 1.165) is 13.0 Å². The Balaban J connectivity index is 2.89. The number of rotatable bonds is 14. The third kappa shape index (κ3) is 15.4. The van der Waals surface area contributed by atoms with Crippen molar-refractivity contribution in [3.63, 3.8) is 0 Å². The first-order valence-electron chi connectivity index (χ1n) is 6.66. The molecule has 0 bridgehead atoms. The fraction of sp³-hybridized carbons (Fsp3) is 0.857. The van der Waals surface area contributed by atoms with Crippen molar-refractivity contribution in [3.05, 3.63) is 0 Å². The molecule has 0 fully saturated rings. The molecule has 0 saturated carbocycles. The van der Waals surface area contributed by atoms with Crippen LogP contribution in [0, 0.1) is 12.3 Å². The lowest BCUT2D eigenvalue weighted by Gasteiger charge is -2.06. The zero-order chi connectivity index (χ0) is 13.3. The van der Waals surface area contributed by atoms with Crippen LogP contribution in [0.5, 0.6) is 0 Å². The van der Waals surface area contributed by atoms with Gasteiger partial charge in [-0.05, 0) is 6.42 Å². The van der Waals surface area contributed by atoms with Gasteiger partial charge in [-0.3, -0.25) is 0 Å². The quantitative estimate of drug-likeness (QED) is 0.352. The average molecular weight is 258 g/mol. The SMILES string of the molecule is C#CCOCCOCCOCCOCCCCC. The first-order valence-corrected chi connectivity index (χ1v) is 6.66. The second-order valence-electron chi connectivity index (χ2n) is 3.80. The highest BCUT2D eigenvalue weighted by atomic mass is 16.6. The normalized spacial score (nSPS) is 10.4. The van der Waals surface area contributed by atoms with Crippen molar-refractivity contribution in [1.82, 2.24) is 0 Å². The Morgan fingerprint density at radius 2 is 1.22 bits per heavy atom. The highest BCUT2D eigenvalue weighted by Gasteiger charge is 1.92. The molecule has 0 aromatic heterocycles. The van der Waals surface area contributed by atoms with Crippen molar-refractivity contribution < 1.29 is 18.9 Å². The summed E-state index contributed by atoms with van der Waals surface area (Å²) in [6.07, 6.45) is 8.62. The number of unbranched alkanes of at least 4 members (excludes halogenated alkanes) is 2. The first-order chi connectivity index (χ1) is 8.91. The average Bonchev–Trinajstić information content (AvgIpc) is 2.39. The lowest BCUT2D eigenvalue weighted by atomic mass is 10.3. The molecule has 0 spiro atoms. The van der Waals surface area contributed by atoms with Gasteiger partial charge in [-0.25, -0.2) is 0 Å². The van der Waals surface area contributed by atoms with Crippen molar-refractivity contribution in [2.24, 2.45) is 0 Å². The summed E-state index contributed by atoms with van der Waals surface area (Å²) in [5.74, 6) is 2.39. The summed E-state index contributed by atoms with van der Waals surface area (Å²) >= 11 is 0. The predicted molar refractivity (Wildman–Crippen MR) is 71.6 cm³/mol. The van der Waals surface area contributed by atoms with E-state index in [9.17, 15) is 0 Å². The summed E-state index contributed by atoms with van der Waals surface area (Å²) < 4.78 is 21.1. The van der Waals surface area contributed by atoms with Crippen LogP contribution in [-0.2, 0) is 18.9 Å². The van der Waals surface area contributed by atoms with Crippen LogP contribution in [0.1, 0.15) is 26.2 Å². The molecule has 0 aromatic rings. The van der Waals surface area contributed by atoms with Crippen LogP contribution in [0.4, 0.5) is 0 Å². The Morgan fingerprint density at radius 3 is 1.72 bits per heavy atom. The molecule has 18 heavy (non-hydrogen) atoms. The van der Waals surface area contributed by atoms with E-state index in [-0.39, 0.29) is 0 Å². The molecule has 0 heterocycles. The van der Waals surface area contributed by atoms with Gasteiger partial charge in [0.25, 0.3) is 0 Å². The third-order valence-corrected chi connectivity index (χ3v) is 2.19.